The van der Waals surface area contributed by atoms with Gasteiger partial charge in [-0.25, -0.2) is 0 Å². The molecule has 0 amide bonds. The number of rotatable bonds is 7. The van der Waals surface area contributed by atoms with Crippen molar-refractivity contribution in [2.24, 2.45) is 0 Å². The first kappa shape index (κ1) is 61.3. The molecule has 0 N–H and O–H groups in total. The van der Waals surface area contributed by atoms with Crippen LogP contribution in [0.15, 0.2) is 486 Å². The standard InChI is InChI=1S/C51H34O.C45H30O.C44H26O/c1-51(2)43-25-10-9-22-40(43)48-34(23-12-26-44(48)51)32-15-11-16-33(30-32)46-36-18-5-7-20-38(36)47(39-21-8-6-19-37(39)46)41-24-13-27-45-49(41)42-29-28-31-14-3-4-17-35(31)50(42)52-45;1-45(2)38-20-10-9-14-30(38)37-26-28(23-25-39(37)45)41-31-15-5-7-17-33(31)42(34-18-8-6-16-32(34)41)35-19-11-21-40-43(35)36-24-22-27-12-3-4-13-29(27)44(36)46-40;1-4-15-30-27(12-1)24-25-38-43-37(22-11-23-40(43)45-44(30)38)41-33-18-7-9-20-35(33)42(36-21-10-8-19-34(36)41)39-26-28-13-2-3-14-29(28)31-16-5-6-17-32(31)39/h3-30H,1-2H3;3-26H,1-2H3;1-26H/i5D,6D,7D,8D,18D,19D,20D,21D;5D,6D,7D,8D,15D,16D,17D,18D;7D,8D,9D,10D,18D,19D,20D,21D. The molecule has 3 heterocycles. The van der Waals surface area contributed by atoms with Crippen LogP contribution in [-0.2, 0) is 10.8 Å². The quantitative estimate of drug-likeness (QED) is 0.118. The molecule has 3 aromatic heterocycles. The zero-order chi connectivity index (χ0) is 115. The first-order valence-corrected chi connectivity index (χ1v) is 47.9. The summed E-state index contributed by atoms with van der Waals surface area (Å²) in [7, 11) is 0. The molecule has 2 aliphatic rings. The lowest BCUT2D eigenvalue weighted by Crippen LogP contribution is -2.14. The maximum Gasteiger partial charge on any atom is 0.143 e. The van der Waals surface area contributed by atoms with Crippen LogP contribution < -0.4 is 0 Å². The monoisotopic (exact) mass is 1840 g/mol. The highest BCUT2D eigenvalue weighted by atomic mass is 16.3. The van der Waals surface area contributed by atoms with Crippen molar-refractivity contribution in [3.63, 3.8) is 0 Å². The van der Waals surface area contributed by atoms with Gasteiger partial charge in [0.1, 0.15) is 33.5 Å². The SMILES string of the molecule is [2H]c1c([2H])c([2H])c2c(-c3cccc4oc5c6ccccc6ccc5c34)c3c([2H])c([2H])c([2H])c([2H])c3c(-c3cc4ccccc4c4ccccc34)c2c1[2H].[2H]c1c([2H])c([2H])c2c(-c3cccc4oc5c6ccccc6ccc5c34)c3c([2H])c([2H])c([2H])c([2H])c3c(-c3ccc4c(c3)-c3ccccc3C4(C)C)c2c1[2H].[2H]c1c([2H])c([2H])c2c(-c3cccc4oc5c6ccccc6ccc5c34)c3c([2H])c([2H])c([2H])c([2H])c3c(-c3cccc(-c4cccc5c4-c4ccccc4C5(C)C)c3)c2c1[2H]. The normalized spacial score (nSPS) is 15.4. The van der Waals surface area contributed by atoms with Crippen molar-refractivity contribution in [3.8, 4) is 100 Å². The molecular formula is C140H90O3. The molecule has 0 atom stereocenters. The molecule has 0 aliphatic heterocycles. The lowest BCUT2D eigenvalue weighted by atomic mass is 9.81. The van der Waals surface area contributed by atoms with Crippen molar-refractivity contribution in [2.45, 2.75) is 38.5 Å². The van der Waals surface area contributed by atoms with E-state index in [4.69, 9.17) is 29.7 Å². The average Bonchev–Trinajstić information content (AvgIpc) is 1.69. The molecule has 0 radical (unpaired) electrons. The van der Waals surface area contributed by atoms with Crippen molar-refractivity contribution < 1.29 is 46.1 Å². The van der Waals surface area contributed by atoms with E-state index >= 15 is 0 Å². The fourth-order valence-corrected chi connectivity index (χ4v) is 23.8. The number of benzene rings is 26. The van der Waals surface area contributed by atoms with Gasteiger partial charge < -0.3 is 13.3 Å². The molecule has 0 spiro atoms. The zero-order valence-corrected chi connectivity index (χ0v) is 77.4. The Morgan fingerprint density at radius 1 is 0.168 bits per heavy atom. The third-order valence-electron chi connectivity index (χ3n) is 30.1. The van der Waals surface area contributed by atoms with Gasteiger partial charge in [0, 0.05) is 59.3 Å². The minimum atomic E-state index is -0.440. The van der Waals surface area contributed by atoms with Gasteiger partial charge in [0.05, 0.1) is 32.9 Å². The van der Waals surface area contributed by atoms with E-state index in [0.29, 0.717) is 116 Å². The van der Waals surface area contributed by atoms with Crippen LogP contribution in [0.5, 0.6) is 0 Å². The Morgan fingerprint density at radius 2 is 0.469 bits per heavy atom. The van der Waals surface area contributed by atoms with Gasteiger partial charge in [0.2, 0.25) is 0 Å². The van der Waals surface area contributed by atoms with E-state index in [1.54, 1.807) is 0 Å². The minimum Gasteiger partial charge on any atom is -0.455 e. The first-order valence-electron chi connectivity index (χ1n) is 59.9. The molecule has 29 aromatic rings. The van der Waals surface area contributed by atoms with Crippen molar-refractivity contribution >= 4 is 184 Å². The molecule has 0 saturated heterocycles. The molecule has 668 valence electrons. The zero-order valence-electron chi connectivity index (χ0n) is 101. The van der Waals surface area contributed by atoms with Crippen LogP contribution in [0.3, 0.4) is 0 Å². The van der Waals surface area contributed by atoms with E-state index < -0.39 is 72.5 Å². The van der Waals surface area contributed by atoms with Gasteiger partial charge in [0.15, 0.2) is 0 Å². The van der Waals surface area contributed by atoms with Crippen molar-refractivity contribution in [1.82, 2.24) is 0 Å². The van der Waals surface area contributed by atoms with Crippen LogP contribution in [0.2, 0.25) is 0 Å². The van der Waals surface area contributed by atoms with Crippen LogP contribution in [0.1, 0.15) is 82.8 Å². The van der Waals surface area contributed by atoms with E-state index in [1.807, 2.05) is 279 Å². The Hall–Kier alpha value is -18.0. The molecule has 0 unspecified atom stereocenters. The Labute approximate surface area is 859 Å². The molecule has 2 aliphatic carbocycles. The minimum absolute atomic E-state index is 0.165. The fourth-order valence-electron chi connectivity index (χ4n) is 23.8. The molecule has 26 aromatic carbocycles. The molecular weight excluding hydrogens is 1730 g/mol. The summed E-state index contributed by atoms with van der Waals surface area (Å²) in [5.74, 6) is 0. The highest BCUT2D eigenvalue weighted by Gasteiger charge is 2.39. The Bertz CT molecular complexity index is 11900. The fraction of sp³-hybridized carbons (Fsp3) is 0.0429. The Balaban J connectivity index is 0.000000114. The summed E-state index contributed by atoms with van der Waals surface area (Å²) in [4.78, 5) is 0. The lowest BCUT2D eigenvalue weighted by Gasteiger charge is -2.22. The van der Waals surface area contributed by atoms with Gasteiger partial charge in [-0.05, 0) is 279 Å². The highest BCUT2D eigenvalue weighted by molar-refractivity contribution is 6.33. The van der Waals surface area contributed by atoms with E-state index in [0.717, 1.165) is 109 Å². The second-order valence-corrected chi connectivity index (χ2v) is 38.2. The molecule has 3 nitrogen and oxygen atoms in total. The number of fused-ring (bicyclic) bond motifs is 30. The van der Waals surface area contributed by atoms with Gasteiger partial charge in [-0.1, -0.05) is 446 Å². The number of furan rings is 3. The molecule has 0 saturated carbocycles. The lowest BCUT2D eigenvalue weighted by molar-refractivity contribution is 0.660. The summed E-state index contributed by atoms with van der Waals surface area (Å²) in [5, 5.41) is 15.8. The smallest absolute Gasteiger partial charge is 0.143 e. The Morgan fingerprint density at radius 3 is 0.909 bits per heavy atom. The average molecular weight is 1840 g/mol. The number of hydrogen-bond acceptors (Lipinski definition) is 3. The molecule has 3 heteroatoms. The van der Waals surface area contributed by atoms with Crippen LogP contribution in [0.25, 0.3) is 284 Å². The third kappa shape index (κ3) is 12.3. The van der Waals surface area contributed by atoms with Crippen LogP contribution in [0.4, 0.5) is 0 Å². The maximum absolute atomic E-state index is 9.57. The highest BCUT2D eigenvalue weighted by Crippen LogP contribution is 2.58. The van der Waals surface area contributed by atoms with Gasteiger partial charge in [-0.15, -0.1) is 0 Å². The number of hydrogen-bond donors (Lipinski definition) is 0. The van der Waals surface area contributed by atoms with Gasteiger partial charge in [-0.3, -0.25) is 0 Å². The van der Waals surface area contributed by atoms with Gasteiger partial charge in [-0.2, -0.15) is 0 Å². The summed E-state index contributed by atoms with van der Waals surface area (Å²) in [5.41, 5.74) is 19.2. The summed E-state index contributed by atoms with van der Waals surface area (Å²) in [6.45, 7) is 8.81. The molecule has 0 fully saturated rings. The van der Waals surface area contributed by atoms with E-state index in [-0.39, 0.29) is 148 Å². The van der Waals surface area contributed by atoms with Crippen molar-refractivity contribution in [1.29, 1.82) is 0 Å². The van der Waals surface area contributed by atoms with E-state index in [9.17, 15) is 16.4 Å². The van der Waals surface area contributed by atoms with Crippen molar-refractivity contribution in [3.05, 3.63) is 495 Å². The molecule has 31 rings (SSSR count). The van der Waals surface area contributed by atoms with Crippen LogP contribution in [0, 0.1) is 0 Å². The predicted octanol–water partition coefficient (Wildman–Crippen LogP) is 39.7. The molecule has 143 heavy (non-hydrogen) atoms. The maximum atomic E-state index is 9.57. The van der Waals surface area contributed by atoms with Crippen LogP contribution >= 0.6 is 0 Å². The second-order valence-electron chi connectivity index (χ2n) is 38.2. The molecule has 0 bridgehead atoms. The van der Waals surface area contributed by atoms with Crippen LogP contribution in [-0.4, -0.2) is 0 Å². The van der Waals surface area contributed by atoms with E-state index in [1.165, 1.54) is 16.7 Å². The third-order valence-corrected chi connectivity index (χ3v) is 30.1. The predicted molar refractivity (Wildman–Crippen MR) is 607 cm³/mol. The second kappa shape index (κ2) is 31.8. The van der Waals surface area contributed by atoms with Gasteiger partial charge in [0.25, 0.3) is 0 Å². The van der Waals surface area contributed by atoms with E-state index in [2.05, 4.69) is 76.2 Å². The van der Waals surface area contributed by atoms with Crippen molar-refractivity contribution in [2.75, 3.05) is 0 Å². The largest absolute Gasteiger partial charge is 0.455 e. The summed E-state index contributed by atoms with van der Waals surface area (Å²) in [6.07, 6.45) is 0. The first-order chi connectivity index (χ1) is 80.5. The van der Waals surface area contributed by atoms with Gasteiger partial charge >= 0.3 is 0 Å². The Kier molecular flexibility index (Phi) is 13.6. The summed E-state index contributed by atoms with van der Waals surface area (Å²) >= 11 is 0. The summed E-state index contributed by atoms with van der Waals surface area (Å²) in [6, 6.07) is 97.7. The summed E-state index contributed by atoms with van der Waals surface area (Å²) < 4.78 is 241. The topological polar surface area (TPSA) is 39.4 Å².